The molecule has 184 valence electrons. The number of nitrogens with zero attached hydrogens (tertiary/aromatic N) is 3. The van der Waals surface area contributed by atoms with Gasteiger partial charge >= 0.3 is 5.97 Å². The second-order valence-electron chi connectivity index (χ2n) is 7.93. The number of fused-ring (bicyclic) bond motifs is 2. The first-order valence-corrected chi connectivity index (χ1v) is 11.6. The maximum absolute atomic E-state index is 12.2. The van der Waals surface area contributed by atoms with E-state index >= 15 is 0 Å². The topological polar surface area (TPSA) is 104 Å². The highest BCUT2D eigenvalue weighted by Gasteiger charge is 2.22. The maximum Gasteiger partial charge on any atom is 0.336 e. The van der Waals surface area contributed by atoms with E-state index in [4.69, 9.17) is 15.1 Å². The van der Waals surface area contributed by atoms with E-state index in [-0.39, 0.29) is 18.0 Å². The zero-order valence-corrected chi connectivity index (χ0v) is 22.4. The number of isothiocyanates is 1. The standard InChI is InChI=1S/C25H21N3O3S.CHNS.ClH/c1-27(2)15-5-8-19-22(11-15)31-23-12-16(28(3)4)6-9-20(23)24(19)18-10-7-17(32-14-26)13-21(18)25(29)30;2-1-3;/h5-13H,1-4H3;2H;1H. The van der Waals surface area contributed by atoms with Crippen molar-refractivity contribution in [3.05, 3.63) is 65.5 Å². The highest BCUT2D eigenvalue weighted by Crippen LogP contribution is 2.42. The lowest BCUT2D eigenvalue weighted by Crippen LogP contribution is -3.00. The lowest BCUT2D eigenvalue weighted by atomic mass is 9.90. The fourth-order valence-electron chi connectivity index (χ4n) is 3.75. The molecule has 0 bridgehead atoms. The molecule has 0 amide bonds. The number of carboxylic acids is 1. The molecular formula is C26H23ClN4O3S2. The Morgan fingerprint density at radius 2 is 1.78 bits per heavy atom. The number of thiocarbonyl (C=S) groups is 1. The minimum atomic E-state index is -1.04. The van der Waals surface area contributed by atoms with Crippen LogP contribution in [0.1, 0.15) is 10.4 Å². The van der Waals surface area contributed by atoms with Crippen LogP contribution in [0.5, 0.6) is 0 Å². The van der Waals surface area contributed by atoms with Gasteiger partial charge in [0.2, 0.25) is 5.36 Å². The summed E-state index contributed by atoms with van der Waals surface area (Å²) in [5, 5.41) is 30.1. The minimum Gasteiger partial charge on any atom is -1.00 e. The van der Waals surface area contributed by atoms with E-state index in [0.717, 1.165) is 39.3 Å². The fraction of sp³-hybridized carbons (Fsp3) is 0.154. The van der Waals surface area contributed by atoms with Gasteiger partial charge in [-0.15, -0.1) is 0 Å². The van der Waals surface area contributed by atoms with E-state index in [2.05, 4.69) is 12.2 Å². The van der Waals surface area contributed by atoms with Crippen LogP contribution in [0.4, 0.5) is 5.69 Å². The van der Waals surface area contributed by atoms with Crippen molar-refractivity contribution in [1.29, 1.82) is 10.7 Å². The molecule has 1 heterocycles. The van der Waals surface area contributed by atoms with Crippen molar-refractivity contribution >= 4 is 51.8 Å². The molecule has 0 aromatic heterocycles. The van der Waals surface area contributed by atoms with E-state index in [1.165, 1.54) is 0 Å². The molecule has 2 N–H and O–H groups in total. The second-order valence-corrected chi connectivity index (χ2v) is 9.00. The molecule has 2 aromatic carbocycles. The van der Waals surface area contributed by atoms with Gasteiger partial charge in [-0.2, -0.15) is 5.26 Å². The van der Waals surface area contributed by atoms with Gasteiger partial charge in [0.1, 0.15) is 30.8 Å². The fourth-order valence-corrected chi connectivity index (χ4v) is 4.17. The third-order valence-electron chi connectivity index (χ3n) is 5.38. The van der Waals surface area contributed by atoms with Gasteiger partial charge in [0.05, 0.1) is 16.8 Å². The SMILES string of the molecule is CN(C)c1ccc2c(-c3ccc(SC#N)cc3C(=O)O)c3ccc(=[N+](C)C)cc-3oc2c1.N=C=S.[Cl-]. The summed E-state index contributed by atoms with van der Waals surface area (Å²) >= 11 is 4.75. The Labute approximate surface area is 224 Å². The van der Waals surface area contributed by atoms with E-state index in [9.17, 15) is 9.90 Å². The zero-order chi connectivity index (χ0) is 25.7. The molecule has 1 aliphatic carbocycles. The van der Waals surface area contributed by atoms with Crippen LogP contribution in [-0.2, 0) is 0 Å². The van der Waals surface area contributed by atoms with Gasteiger partial charge in [-0.3, -0.25) is 0 Å². The number of rotatable bonds is 4. The molecule has 0 spiro atoms. The molecule has 2 aromatic rings. The van der Waals surface area contributed by atoms with Gasteiger partial charge in [0, 0.05) is 53.3 Å². The van der Waals surface area contributed by atoms with Gasteiger partial charge in [-0.25, -0.2) is 14.8 Å². The molecular weight excluding hydrogens is 516 g/mol. The van der Waals surface area contributed by atoms with Crippen molar-refractivity contribution in [3.63, 3.8) is 0 Å². The van der Waals surface area contributed by atoms with E-state index in [0.29, 0.717) is 21.8 Å². The molecule has 4 rings (SSSR count). The summed E-state index contributed by atoms with van der Waals surface area (Å²) in [6, 6.07) is 16.9. The predicted octanol–water partition coefficient (Wildman–Crippen LogP) is 2.25. The number of hydrogen-bond acceptors (Lipinski definition) is 7. The highest BCUT2D eigenvalue weighted by molar-refractivity contribution is 8.03. The van der Waals surface area contributed by atoms with E-state index in [1.807, 2.05) is 79.5 Å². The molecule has 0 fully saturated rings. The van der Waals surface area contributed by atoms with Gasteiger partial charge in [0.25, 0.3) is 0 Å². The van der Waals surface area contributed by atoms with Gasteiger partial charge in [0.15, 0.2) is 0 Å². The van der Waals surface area contributed by atoms with Crippen LogP contribution < -0.4 is 27.2 Å². The monoisotopic (exact) mass is 538 g/mol. The lowest BCUT2D eigenvalue weighted by Gasteiger charge is -2.19. The molecule has 0 radical (unpaired) electrons. The molecule has 0 atom stereocenters. The highest BCUT2D eigenvalue weighted by atomic mass is 35.5. The molecule has 10 heteroatoms. The average Bonchev–Trinajstić information content (AvgIpc) is 2.82. The molecule has 0 unspecified atom stereocenters. The van der Waals surface area contributed by atoms with Crippen LogP contribution in [0, 0.1) is 16.1 Å². The number of carboxylic acid groups (broad SMARTS) is 1. The number of nitriles is 1. The molecule has 0 saturated carbocycles. The number of halogens is 1. The number of carbonyl (C=O) groups is 1. The normalized spacial score (nSPS) is 9.86. The van der Waals surface area contributed by atoms with E-state index < -0.39 is 5.97 Å². The summed E-state index contributed by atoms with van der Waals surface area (Å²) in [5.41, 5.74) is 4.00. The van der Waals surface area contributed by atoms with Crippen LogP contribution in [-0.4, -0.2) is 44.4 Å². The van der Waals surface area contributed by atoms with Crippen molar-refractivity contribution in [3.8, 4) is 27.9 Å². The lowest BCUT2D eigenvalue weighted by molar-refractivity contribution is -0.0000234. The Morgan fingerprint density at radius 3 is 2.36 bits per heavy atom. The first-order valence-electron chi connectivity index (χ1n) is 10.4. The summed E-state index contributed by atoms with van der Waals surface area (Å²) in [5.74, 6) is -0.376. The summed E-state index contributed by atoms with van der Waals surface area (Å²) in [6.45, 7) is 0. The zero-order valence-electron chi connectivity index (χ0n) is 20.0. The smallest absolute Gasteiger partial charge is 0.336 e. The quantitative estimate of drug-likeness (QED) is 0.103. The van der Waals surface area contributed by atoms with E-state index in [1.54, 1.807) is 23.4 Å². The number of anilines is 1. The molecule has 36 heavy (non-hydrogen) atoms. The van der Waals surface area contributed by atoms with Crippen LogP contribution in [0.25, 0.3) is 33.4 Å². The van der Waals surface area contributed by atoms with Crippen LogP contribution >= 0.6 is 24.0 Å². The number of thiocyanates is 1. The third kappa shape index (κ3) is 5.93. The molecule has 0 saturated heterocycles. The van der Waals surface area contributed by atoms with Crippen LogP contribution in [0.3, 0.4) is 0 Å². The van der Waals surface area contributed by atoms with Crippen LogP contribution in [0.2, 0.25) is 0 Å². The van der Waals surface area contributed by atoms with Crippen LogP contribution in [0.15, 0.2) is 63.9 Å². The number of benzene rings is 3. The van der Waals surface area contributed by atoms with Crippen molar-refractivity contribution in [1.82, 2.24) is 4.58 Å². The second kappa shape index (κ2) is 12.3. The number of nitrogens with one attached hydrogen (secondary N) is 1. The molecule has 1 aliphatic heterocycles. The summed E-state index contributed by atoms with van der Waals surface area (Å²) in [7, 11) is 7.84. The van der Waals surface area contributed by atoms with Gasteiger partial charge in [-0.05, 0) is 59.9 Å². The van der Waals surface area contributed by atoms with Crippen molar-refractivity contribution in [2.45, 2.75) is 4.90 Å². The van der Waals surface area contributed by atoms with Crippen molar-refractivity contribution in [2.75, 3.05) is 33.1 Å². The number of thioether (sulfide) groups is 1. The summed E-state index contributed by atoms with van der Waals surface area (Å²) < 4.78 is 8.30. The van der Waals surface area contributed by atoms with Gasteiger partial charge < -0.3 is 26.8 Å². The van der Waals surface area contributed by atoms with Gasteiger partial charge in [-0.1, -0.05) is 6.07 Å². The Balaban J connectivity index is 0.00000109. The third-order valence-corrected chi connectivity index (χ3v) is 5.96. The Bertz CT molecular complexity index is 1550. The first kappa shape index (κ1) is 28.6. The van der Waals surface area contributed by atoms with Crippen molar-refractivity contribution in [2.24, 2.45) is 0 Å². The minimum absolute atomic E-state index is 0. The predicted molar refractivity (Wildman–Crippen MR) is 143 cm³/mol. The number of aromatic carboxylic acids is 1. The maximum atomic E-state index is 12.2. The Kier molecular flexibility index (Phi) is 9.79. The van der Waals surface area contributed by atoms with Crippen molar-refractivity contribution < 1.29 is 26.7 Å². The summed E-state index contributed by atoms with van der Waals surface area (Å²) in [4.78, 5) is 14.8. The Hall–Kier alpha value is -3.67. The molecule has 2 aliphatic rings. The molecule has 7 nitrogen and oxygen atoms in total. The Morgan fingerprint density at radius 1 is 1.11 bits per heavy atom. The summed E-state index contributed by atoms with van der Waals surface area (Å²) in [6.07, 6.45) is 0. The first-order chi connectivity index (χ1) is 16.7. The number of hydrogen-bond donors (Lipinski definition) is 2. The average molecular weight is 539 g/mol. The largest absolute Gasteiger partial charge is 1.00 e.